The van der Waals surface area contributed by atoms with Crippen LogP contribution >= 0.6 is 0 Å². The van der Waals surface area contributed by atoms with E-state index in [0.717, 1.165) is 5.56 Å². The molecule has 6 nitrogen and oxygen atoms in total. The lowest BCUT2D eigenvalue weighted by atomic mass is 10.0. The molecule has 1 atom stereocenters. The number of likely N-dealkylation sites (N-methyl/N-ethyl adjacent to an activating group) is 1. The number of benzene rings is 2. The van der Waals surface area contributed by atoms with Crippen LogP contribution in [0.4, 0.5) is 15.8 Å². The van der Waals surface area contributed by atoms with Gasteiger partial charge in [-0.05, 0) is 49.2 Å². The fourth-order valence-corrected chi connectivity index (χ4v) is 3.82. The van der Waals surface area contributed by atoms with Crippen LogP contribution in [-0.4, -0.2) is 30.3 Å². The van der Waals surface area contributed by atoms with Gasteiger partial charge in [-0.25, -0.2) is 4.39 Å². The van der Waals surface area contributed by atoms with Crippen molar-refractivity contribution in [3.05, 3.63) is 59.4 Å². The van der Waals surface area contributed by atoms with Gasteiger partial charge < -0.3 is 10.2 Å². The summed E-state index contributed by atoms with van der Waals surface area (Å²) in [6.07, 6.45) is 0.876. The number of amides is 3. The molecule has 2 aromatic rings. The van der Waals surface area contributed by atoms with Crippen LogP contribution in [0.25, 0.3) is 0 Å². The van der Waals surface area contributed by atoms with E-state index in [1.165, 1.54) is 12.1 Å². The second-order valence-corrected chi connectivity index (χ2v) is 6.91. The Hall–Kier alpha value is -3.22. The molecular formula is C21H20FN3O3. The van der Waals surface area contributed by atoms with Crippen molar-refractivity contribution in [2.24, 2.45) is 0 Å². The van der Waals surface area contributed by atoms with Crippen LogP contribution in [0.2, 0.25) is 0 Å². The molecule has 1 N–H and O–H groups in total. The highest BCUT2D eigenvalue weighted by Crippen LogP contribution is 2.41. The minimum Gasteiger partial charge on any atom is -0.348 e. The van der Waals surface area contributed by atoms with Crippen LogP contribution < -0.4 is 15.1 Å². The summed E-state index contributed by atoms with van der Waals surface area (Å²) in [5.41, 5.74) is 2.43. The van der Waals surface area contributed by atoms with Crippen molar-refractivity contribution in [1.29, 1.82) is 0 Å². The Labute approximate surface area is 161 Å². The lowest BCUT2D eigenvalue weighted by Gasteiger charge is -2.38. The van der Waals surface area contributed by atoms with Crippen molar-refractivity contribution in [2.45, 2.75) is 32.4 Å². The standard InChI is InChI=1S/C21H20FN3O3/c1-2-24-18-11-14(20(27)23-12-13-3-6-15(22)7-4-13)5-8-16(18)25-17(21(24)28)9-10-19(25)26/h3-8,11,17H,2,9-10,12H2,1H3,(H,23,27). The van der Waals surface area contributed by atoms with E-state index in [4.69, 9.17) is 0 Å². The smallest absolute Gasteiger partial charge is 0.251 e. The van der Waals surface area contributed by atoms with Crippen LogP contribution in [0.5, 0.6) is 0 Å². The summed E-state index contributed by atoms with van der Waals surface area (Å²) in [5, 5.41) is 2.80. The van der Waals surface area contributed by atoms with Crippen LogP contribution in [-0.2, 0) is 16.1 Å². The molecular weight excluding hydrogens is 361 g/mol. The highest BCUT2D eigenvalue weighted by atomic mass is 19.1. The molecule has 0 radical (unpaired) electrons. The number of hydrogen-bond acceptors (Lipinski definition) is 3. The molecule has 28 heavy (non-hydrogen) atoms. The second-order valence-electron chi connectivity index (χ2n) is 6.91. The molecule has 0 bridgehead atoms. The molecule has 7 heteroatoms. The maximum Gasteiger partial charge on any atom is 0.251 e. The third-order valence-electron chi connectivity index (χ3n) is 5.23. The first-order chi connectivity index (χ1) is 13.5. The maximum absolute atomic E-state index is 13.0. The van der Waals surface area contributed by atoms with E-state index in [1.807, 2.05) is 6.92 Å². The molecule has 2 heterocycles. The Balaban J connectivity index is 1.59. The van der Waals surface area contributed by atoms with Crippen molar-refractivity contribution in [3.8, 4) is 0 Å². The van der Waals surface area contributed by atoms with Gasteiger partial charge in [0, 0.05) is 25.1 Å². The number of nitrogens with one attached hydrogen (secondary N) is 1. The molecule has 1 unspecified atom stereocenters. The molecule has 0 spiro atoms. The molecule has 0 aromatic heterocycles. The normalized spacial score (nSPS) is 18.1. The quantitative estimate of drug-likeness (QED) is 0.885. The minimum absolute atomic E-state index is 0.0659. The first kappa shape index (κ1) is 18.2. The first-order valence-corrected chi connectivity index (χ1v) is 9.29. The predicted molar refractivity (Wildman–Crippen MR) is 103 cm³/mol. The maximum atomic E-state index is 13.0. The van der Waals surface area contributed by atoms with Gasteiger partial charge in [0.1, 0.15) is 11.9 Å². The third kappa shape index (κ3) is 3.02. The summed E-state index contributed by atoms with van der Waals surface area (Å²) in [5.74, 6) is -0.803. The molecule has 1 fully saturated rings. The second kappa shape index (κ2) is 7.07. The minimum atomic E-state index is -0.446. The monoisotopic (exact) mass is 381 g/mol. The highest BCUT2D eigenvalue weighted by Gasteiger charge is 2.44. The van der Waals surface area contributed by atoms with Crippen molar-refractivity contribution in [1.82, 2.24) is 5.32 Å². The van der Waals surface area contributed by atoms with Gasteiger partial charge >= 0.3 is 0 Å². The third-order valence-corrected chi connectivity index (χ3v) is 5.23. The largest absolute Gasteiger partial charge is 0.348 e. The number of rotatable bonds is 4. The summed E-state index contributed by atoms with van der Waals surface area (Å²) >= 11 is 0. The lowest BCUT2D eigenvalue weighted by Crippen LogP contribution is -2.51. The van der Waals surface area contributed by atoms with Gasteiger partial charge in [0.05, 0.1) is 11.4 Å². The molecule has 0 saturated carbocycles. The van der Waals surface area contributed by atoms with Crippen LogP contribution in [0.1, 0.15) is 35.7 Å². The van der Waals surface area contributed by atoms with Gasteiger partial charge in [0.15, 0.2) is 0 Å². The lowest BCUT2D eigenvalue weighted by molar-refractivity contribution is -0.122. The van der Waals surface area contributed by atoms with Crippen LogP contribution in [0.15, 0.2) is 42.5 Å². The average molecular weight is 381 g/mol. The summed E-state index contributed by atoms with van der Waals surface area (Å²) in [6.45, 7) is 2.60. The van der Waals surface area contributed by atoms with Gasteiger partial charge in [-0.15, -0.1) is 0 Å². The number of halogens is 1. The Kier molecular flexibility index (Phi) is 4.58. The number of carbonyl (C=O) groups excluding carboxylic acids is 3. The molecule has 144 valence electrons. The van der Waals surface area contributed by atoms with Gasteiger partial charge in [0.25, 0.3) is 5.91 Å². The molecule has 3 amide bonds. The Morgan fingerprint density at radius 3 is 2.61 bits per heavy atom. The number of fused-ring (bicyclic) bond motifs is 3. The van der Waals surface area contributed by atoms with Gasteiger partial charge in [-0.3, -0.25) is 19.3 Å². The SMILES string of the molecule is CCN1C(=O)C2CCC(=O)N2c2ccc(C(=O)NCc3ccc(F)cc3)cc21. The predicted octanol–water partition coefficient (Wildman–Crippen LogP) is 2.62. The topological polar surface area (TPSA) is 69.7 Å². The van der Waals surface area contributed by atoms with Gasteiger partial charge in [-0.2, -0.15) is 0 Å². The van der Waals surface area contributed by atoms with E-state index in [-0.39, 0.29) is 30.1 Å². The fourth-order valence-electron chi connectivity index (χ4n) is 3.82. The van der Waals surface area contributed by atoms with Crippen molar-refractivity contribution >= 4 is 29.1 Å². The summed E-state index contributed by atoms with van der Waals surface area (Å²) in [7, 11) is 0. The molecule has 2 aliphatic rings. The summed E-state index contributed by atoms with van der Waals surface area (Å²) in [6, 6.07) is 10.5. The molecule has 2 aliphatic heterocycles. The van der Waals surface area contributed by atoms with Crippen LogP contribution in [0, 0.1) is 5.82 Å². The van der Waals surface area contributed by atoms with E-state index in [9.17, 15) is 18.8 Å². The van der Waals surface area contributed by atoms with Crippen molar-refractivity contribution in [2.75, 3.05) is 16.3 Å². The van der Waals surface area contributed by atoms with E-state index in [1.54, 1.807) is 40.1 Å². The molecule has 2 aromatic carbocycles. The summed E-state index contributed by atoms with van der Waals surface area (Å²) in [4.78, 5) is 40.8. The first-order valence-electron chi connectivity index (χ1n) is 9.29. The van der Waals surface area contributed by atoms with E-state index in [0.29, 0.717) is 36.3 Å². The van der Waals surface area contributed by atoms with Crippen molar-refractivity contribution < 1.29 is 18.8 Å². The van der Waals surface area contributed by atoms with Gasteiger partial charge in [0.2, 0.25) is 11.8 Å². The fraction of sp³-hybridized carbons (Fsp3) is 0.286. The zero-order valence-electron chi connectivity index (χ0n) is 15.4. The Morgan fingerprint density at radius 2 is 1.89 bits per heavy atom. The Bertz CT molecular complexity index is 958. The zero-order chi connectivity index (χ0) is 19.8. The number of anilines is 2. The summed E-state index contributed by atoms with van der Waals surface area (Å²) < 4.78 is 13.0. The zero-order valence-corrected chi connectivity index (χ0v) is 15.4. The average Bonchev–Trinajstić information content (AvgIpc) is 3.09. The van der Waals surface area contributed by atoms with E-state index in [2.05, 4.69) is 5.32 Å². The molecule has 4 rings (SSSR count). The molecule has 1 saturated heterocycles. The van der Waals surface area contributed by atoms with Gasteiger partial charge in [-0.1, -0.05) is 12.1 Å². The molecule has 0 aliphatic carbocycles. The number of carbonyl (C=O) groups is 3. The number of hydrogen-bond donors (Lipinski definition) is 1. The van der Waals surface area contributed by atoms with E-state index < -0.39 is 6.04 Å². The van der Waals surface area contributed by atoms with Crippen molar-refractivity contribution in [3.63, 3.8) is 0 Å². The van der Waals surface area contributed by atoms with E-state index >= 15 is 0 Å². The van der Waals surface area contributed by atoms with Crippen LogP contribution in [0.3, 0.4) is 0 Å². The highest BCUT2D eigenvalue weighted by molar-refractivity contribution is 6.15. The Morgan fingerprint density at radius 1 is 1.14 bits per heavy atom. The number of nitrogens with zero attached hydrogens (tertiary/aromatic N) is 2.